The zero-order valence-corrected chi connectivity index (χ0v) is 8.83. The second-order valence-electron chi connectivity index (χ2n) is 3.58. The van der Waals surface area contributed by atoms with Crippen LogP contribution in [0.1, 0.15) is 6.42 Å². The number of nitrogens with one attached hydrogen (secondary N) is 1. The van der Waals surface area contributed by atoms with E-state index >= 15 is 0 Å². The number of H-pyrrole nitrogens is 1. The van der Waals surface area contributed by atoms with Gasteiger partial charge in [-0.3, -0.25) is 9.59 Å². The van der Waals surface area contributed by atoms with Crippen LogP contribution in [0.2, 0.25) is 0 Å². The van der Waals surface area contributed by atoms with E-state index in [-0.39, 0.29) is 17.5 Å². The van der Waals surface area contributed by atoms with Crippen LogP contribution in [-0.4, -0.2) is 36.6 Å². The van der Waals surface area contributed by atoms with E-state index in [1.54, 1.807) is 4.57 Å². The molecule has 4 N–H and O–H groups in total. The highest BCUT2D eigenvalue weighted by atomic mass is 16.4. The van der Waals surface area contributed by atoms with Crippen molar-refractivity contribution in [3.8, 4) is 0 Å². The zero-order valence-electron chi connectivity index (χ0n) is 8.83. The number of fused-ring (bicyclic) bond motifs is 1. The molecule has 2 aromatic rings. The molecule has 0 aliphatic heterocycles. The Bertz CT molecular complexity index is 602. The van der Waals surface area contributed by atoms with Crippen LogP contribution in [0.3, 0.4) is 0 Å². The van der Waals surface area contributed by atoms with Gasteiger partial charge in [0.05, 0.1) is 12.7 Å². The van der Waals surface area contributed by atoms with Crippen LogP contribution in [0.25, 0.3) is 11.2 Å². The molecule has 0 bridgehead atoms. The number of imidazole rings is 1. The summed E-state index contributed by atoms with van der Waals surface area (Å²) in [4.78, 5) is 32.2. The Morgan fingerprint density at radius 3 is 3.06 bits per heavy atom. The summed E-state index contributed by atoms with van der Waals surface area (Å²) in [7, 11) is 0. The van der Waals surface area contributed by atoms with Crippen molar-refractivity contribution in [1.29, 1.82) is 0 Å². The Morgan fingerprint density at radius 2 is 2.35 bits per heavy atom. The lowest BCUT2D eigenvalue weighted by atomic mass is 10.2. The first kappa shape index (κ1) is 11.3. The van der Waals surface area contributed by atoms with Gasteiger partial charge in [-0.1, -0.05) is 0 Å². The molecule has 1 atom stereocenters. The molecular weight excluding hydrogens is 226 g/mol. The second kappa shape index (κ2) is 4.34. The maximum atomic E-state index is 11.3. The van der Waals surface area contributed by atoms with Crippen molar-refractivity contribution in [2.45, 2.75) is 19.0 Å². The number of hydrogen-bond acceptors (Lipinski definition) is 5. The smallest absolute Gasteiger partial charge is 0.320 e. The third kappa shape index (κ3) is 2.16. The molecule has 0 amide bonds. The van der Waals surface area contributed by atoms with Gasteiger partial charge < -0.3 is 20.4 Å². The number of carbonyl (C=O) groups is 1. The summed E-state index contributed by atoms with van der Waals surface area (Å²) in [6.07, 6.45) is 2.97. The predicted octanol–water partition coefficient (Wildman–Crippen LogP) is -1.08. The van der Waals surface area contributed by atoms with Gasteiger partial charge in [0, 0.05) is 6.54 Å². The first-order valence-electron chi connectivity index (χ1n) is 4.96. The Kier molecular flexibility index (Phi) is 2.88. The molecule has 0 saturated carbocycles. The van der Waals surface area contributed by atoms with Crippen LogP contribution >= 0.6 is 0 Å². The molecule has 2 rings (SSSR count). The molecule has 17 heavy (non-hydrogen) atoms. The van der Waals surface area contributed by atoms with E-state index in [2.05, 4.69) is 15.0 Å². The third-order valence-corrected chi connectivity index (χ3v) is 2.41. The minimum atomic E-state index is -1.06. The maximum Gasteiger partial charge on any atom is 0.320 e. The fourth-order valence-electron chi connectivity index (χ4n) is 1.46. The van der Waals surface area contributed by atoms with Crippen molar-refractivity contribution in [3.63, 3.8) is 0 Å². The molecule has 0 spiro atoms. The van der Waals surface area contributed by atoms with Crippen molar-refractivity contribution < 1.29 is 9.90 Å². The lowest BCUT2D eigenvalue weighted by Crippen LogP contribution is -2.31. The number of carboxylic acid groups (broad SMARTS) is 1. The third-order valence-electron chi connectivity index (χ3n) is 2.41. The highest BCUT2D eigenvalue weighted by Gasteiger charge is 2.13. The summed E-state index contributed by atoms with van der Waals surface area (Å²) >= 11 is 0. The first-order chi connectivity index (χ1) is 8.09. The van der Waals surface area contributed by atoms with E-state index in [1.165, 1.54) is 12.7 Å². The second-order valence-corrected chi connectivity index (χ2v) is 3.58. The molecule has 0 saturated heterocycles. The number of nitrogens with two attached hydrogens (primary N) is 1. The molecule has 8 nitrogen and oxygen atoms in total. The Morgan fingerprint density at radius 1 is 1.59 bits per heavy atom. The predicted molar refractivity (Wildman–Crippen MR) is 58.4 cm³/mol. The Hall–Kier alpha value is -2.22. The molecule has 0 aliphatic rings. The summed E-state index contributed by atoms with van der Waals surface area (Å²) in [6.45, 7) is 0.348. The molecule has 8 heteroatoms. The van der Waals surface area contributed by atoms with Crippen LogP contribution in [0.4, 0.5) is 0 Å². The molecule has 2 heterocycles. The van der Waals surface area contributed by atoms with Gasteiger partial charge in [-0.05, 0) is 6.42 Å². The summed E-state index contributed by atoms with van der Waals surface area (Å²) in [5.41, 5.74) is 5.72. The van der Waals surface area contributed by atoms with Crippen LogP contribution in [0, 0.1) is 0 Å². The lowest BCUT2D eigenvalue weighted by molar-refractivity contribution is -0.138. The van der Waals surface area contributed by atoms with Gasteiger partial charge in [-0.25, -0.2) is 9.97 Å². The van der Waals surface area contributed by atoms with Crippen LogP contribution in [0.5, 0.6) is 0 Å². The maximum absolute atomic E-state index is 11.3. The van der Waals surface area contributed by atoms with E-state index in [0.717, 1.165) is 0 Å². The topological polar surface area (TPSA) is 127 Å². The number of aryl methyl sites for hydroxylation is 1. The summed E-state index contributed by atoms with van der Waals surface area (Å²) < 4.78 is 1.60. The van der Waals surface area contributed by atoms with E-state index in [1.807, 2.05) is 0 Å². The van der Waals surface area contributed by atoms with Gasteiger partial charge in [-0.15, -0.1) is 0 Å². The molecule has 90 valence electrons. The molecule has 0 unspecified atom stereocenters. The minimum Gasteiger partial charge on any atom is -0.480 e. The van der Waals surface area contributed by atoms with E-state index in [0.29, 0.717) is 12.2 Å². The average molecular weight is 237 g/mol. The largest absolute Gasteiger partial charge is 0.480 e. The molecule has 0 radical (unpaired) electrons. The number of aromatic amines is 1. The number of hydrogen-bond donors (Lipinski definition) is 3. The summed E-state index contributed by atoms with van der Waals surface area (Å²) in [5.74, 6) is -1.06. The normalized spacial score (nSPS) is 12.8. The van der Waals surface area contributed by atoms with Crippen molar-refractivity contribution >= 4 is 17.1 Å². The van der Waals surface area contributed by atoms with Crippen LogP contribution in [-0.2, 0) is 11.3 Å². The Labute approximate surface area is 95.1 Å². The Balaban J connectivity index is 2.23. The van der Waals surface area contributed by atoms with Crippen LogP contribution < -0.4 is 11.3 Å². The zero-order chi connectivity index (χ0) is 12.4. The highest BCUT2D eigenvalue weighted by molar-refractivity contribution is 5.73. The number of rotatable bonds is 4. The monoisotopic (exact) mass is 237 g/mol. The van der Waals surface area contributed by atoms with Crippen molar-refractivity contribution in [3.05, 3.63) is 23.0 Å². The molecule has 0 fully saturated rings. The lowest BCUT2D eigenvalue weighted by Gasteiger charge is -2.06. The standard InChI is InChI=1S/C9H11N5O3/c10-5(9(16)17)1-2-14-4-13-6-7(14)11-3-12-8(6)15/h3-5H,1-2,10H2,(H,16,17)(H,11,12,15)/t5-/m1/s1. The van der Waals surface area contributed by atoms with Gasteiger partial charge in [0.1, 0.15) is 6.04 Å². The number of aliphatic carboxylic acids is 1. The van der Waals surface area contributed by atoms with Gasteiger partial charge in [0.25, 0.3) is 5.56 Å². The summed E-state index contributed by atoms with van der Waals surface area (Å²) in [6, 6.07) is -0.936. The van der Waals surface area contributed by atoms with Crippen molar-refractivity contribution in [2.75, 3.05) is 0 Å². The molecule has 0 aromatic carbocycles. The van der Waals surface area contributed by atoms with Crippen molar-refractivity contribution in [1.82, 2.24) is 19.5 Å². The average Bonchev–Trinajstić information content (AvgIpc) is 2.70. The molecule has 0 aliphatic carbocycles. The van der Waals surface area contributed by atoms with Gasteiger partial charge in [0.15, 0.2) is 11.2 Å². The fourth-order valence-corrected chi connectivity index (χ4v) is 1.46. The summed E-state index contributed by atoms with van der Waals surface area (Å²) in [5, 5.41) is 8.65. The number of carboxylic acids is 1. The van der Waals surface area contributed by atoms with E-state index in [9.17, 15) is 9.59 Å². The van der Waals surface area contributed by atoms with Gasteiger partial charge >= 0.3 is 5.97 Å². The molecular formula is C9H11N5O3. The fraction of sp³-hybridized carbons (Fsp3) is 0.333. The molecule has 2 aromatic heterocycles. The van der Waals surface area contributed by atoms with Gasteiger partial charge in [0.2, 0.25) is 0 Å². The van der Waals surface area contributed by atoms with E-state index in [4.69, 9.17) is 10.8 Å². The number of nitrogens with zero attached hydrogens (tertiary/aromatic N) is 3. The SMILES string of the molecule is N[C@H](CCn1cnc2c(=O)[nH]cnc21)C(=O)O. The van der Waals surface area contributed by atoms with E-state index < -0.39 is 12.0 Å². The van der Waals surface area contributed by atoms with Crippen LogP contribution in [0.15, 0.2) is 17.4 Å². The number of aromatic nitrogens is 4. The minimum absolute atomic E-state index is 0.233. The van der Waals surface area contributed by atoms with Gasteiger partial charge in [-0.2, -0.15) is 0 Å². The van der Waals surface area contributed by atoms with Crippen molar-refractivity contribution in [2.24, 2.45) is 5.73 Å². The first-order valence-corrected chi connectivity index (χ1v) is 4.96. The quantitative estimate of drug-likeness (QED) is 0.620. The highest BCUT2D eigenvalue weighted by Crippen LogP contribution is 2.05.